The van der Waals surface area contributed by atoms with Crippen LogP contribution in [0, 0.1) is 18.6 Å². The first-order valence-electron chi connectivity index (χ1n) is 5.92. The molecule has 0 saturated carbocycles. The molecule has 1 aromatic heterocycles. The monoisotopic (exact) mass is 280 g/mol. The summed E-state index contributed by atoms with van der Waals surface area (Å²) in [6.45, 7) is 5.76. The van der Waals surface area contributed by atoms with E-state index in [0.29, 0.717) is 11.3 Å². The quantitative estimate of drug-likeness (QED) is 0.556. The Kier molecular flexibility index (Phi) is 4.32. The molecular formula is C15H14F2OS. The summed E-state index contributed by atoms with van der Waals surface area (Å²) in [7, 11) is 0. The summed E-state index contributed by atoms with van der Waals surface area (Å²) in [5.74, 6) is -1.86. The number of hydrogen-bond acceptors (Lipinski definition) is 2. The summed E-state index contributed by atoms with van der Waals surface area (Å²) >= 11 is 1.43. The summed E-state index contributed by atoms with van der Waals surface area (Å²) in [6, 6.07) is 6.68. The van der Waals surface area contributed by atoms with Gasteiger partial charge in [-0.2, -0.15) is 4.39 Å². The zero-order chi connectivity index (χ0) is 13.8. The topological polar surface area (TPSA) is 9.23 Å². The van der Waals surface area contributed by atoms with Crippen LogP contribution in [0.15, 0.2) is 36.9 Å². The predicted octanol–water partition coefficient (Wildman–Crippen LogP) is 4.96. The summed E-state index contributed by atoms with van der Waals surface area (Å²) in [6.07, 6.45) is 2.25. The largest absolute Gasteiger partial charge is 0.490 e. The molecule has 0 bridgehead atoms. The van der Waals surface area contributed by atoms with Crippen LogP contribution in [0.2, 0.25) is 0 Å². The maximum atomic E-state index is 14.0. The van der Waals surface area contributed by atoms with Crippen LogP contribution in [0.1, 0.15) is 11.3 Å². The van der Waals surface area contributed by atoms with Gasteiger partial charge in [0.05, 0.1) is 6.61 Å². The van der Waals surface area contributed by atoms with Gasteiger partial charge in [0.15, 0.2) is 11.6 Å². The van der Waals surface area contributed by atoms with Gasteiger partial charge < -0.3 is 4.74 Å². The van der Waals surface area contributed by atoms with Crippen molar-refractivity contribution in [2.75, 3.05) is 6.61 Å². The number of benzene rings is 1. The minimum atomic E-state index is -0.937. The third kappa shape index (κ3) is 3.01. The van der Waals surface area contributed by atoms with Gasteiger partial charge >= 0.3 is 0 Å². The Morgan fingerprint density at radius 3 is 2.63 bits per heavy atom. The first-order valence-corrected chi connectivity index (χ1v) is 6.73. The first-order chi connectivity index (χ1) is 9.13. The average molecular weight is 280 g/mol. The highest BCUT2D eigenvalue weighted by Gasteiger charge is 2.16. The number of thiophene rings is 1. The van der Waals surface area contributed by atoms with E-state index in [1.807, 2.05) is 13.0 Å². The van der Waals surface area contributed by atoms with Crippen LogP contribution in [-0.4, -0.2) is 6.61 Å². The third-order valence-electron chi connectivity index (χ3n) is 2.63. The van der Waals surface area contributed by atoms with E-state index in [4.69, 9.17) is 4.74 Å². The zero-order valence-corrected chi connectivity index (χ0v) is 11.4. The highest BCUT2D eigenvalue weighted by molar-refractivity contribution is 7.15. The molecule has 1 aromatic carbocycles. The molecule has 0 unspecified atom stereocenters. The number of halogens is 2. The maximum absolute atomic E-state index is 14.0. The molecule has 19 heavy (non-hydrogen) atoms. The van der Waals surface area contributed by atoms with Crippen LogP contribution in [0.5, 0.6) is 5.75 Å². The lowest BCUT2D eigenvalue weighted by atomic mass is 10.1. The second-order valence-corrected chi connectivity index (χ2v) is 5.36. The van der Waals surface area contributed by atoms with Gasteiger partial charge in [-0.15, -0.1) is 17.9 Å². The molecular weight excluding hydrogens is 266 g/mol. The molecule has 4 heteroatoms. The molecule has 0 fully saturated rings. The summed E-state index contributed by atoms with van der Waals surface area (Å²) in [5.41, 5.74) is 0.270. The van der Waals surface area contributed by atoms with Crippen molar-refractivity contribution in [3.8, 4) is 16.2 Å². The number of ether oxygens (including phenoxy) is 1. The smallest absolute Gasteiger partial charge is 0.201 e. The third-order valence-corrected chi connectivity index (χ3v) is 3.67. The van der Waals surface area contributed by atoms with Gasteiger partial charge in [0.1, 0.15) is 0 Å². The molecule has 1 heterocycles. The molecule has 1 nitrogen and oxygen atoms in total. The van der Waals surface area contributed by atoms with Crippen LogP contribution < -0.4 is 4.74 Å². The average Bonchev–Trinajstić information content (AvgIpc) is 2.81. The molecule has 0 atom stereocenters. The van der Waals surface area contributed by atoms with Crippen LogP contribution in [-0.2, 0) is 0 Å². The summed E-state index contributed by atoms with van der Waals surface area (Å²) < 4.78 is 33.0. The van der Waals surface area contributed by atoms with Gasteiger partial charge in [-0.3, -0.25) is 0 Å². The molecule has 0 saturated heterocycles. The van der Waals surface area contributed by atoms with Crippen molar-refractivity contribution in [3.63, 3.8) is 0 Å². The zero-order valence-electron chi connectivity index (χ0n) is 10.6. The lowest BCUT2D eigenvalue weighted by molar-refractivity contribution is 0.302. The van der Waals surface area contributed by atoms with E-state index in [0.717, 1.165) is 4.88 Å². The van der Waals surface area contributed by atoms with Gasteiger partial charge in [-0.25, -0.2) is 4.39 Å². The fraction of sp³-hybridized carbons (Fsp3) is 0.200. The Labute approximate surface area is 115 Å². The van der Waals surface area contributed by atoms with E-state index in [-0.39, 0.29) is 17.9 Å². The van der Waals surface area contributed by atoms with Crippen LogP contribution in [0.3, 0.4) is 0 Å². The SMILES string of the molecule is C=CCCOc1ccc(-c2ccc(C)s2)c(F)c1F. The lowest BCUT2D eigenvalue weighted by Gasteiger charge is -2.08. The van der Waals surface area contributed by atoms with Gasteiger partial charge in [0.2, 0.25) is 5.82 Å². The summed E-state index contributed by atoms with van der Waals surface area (Å²) in [4.78, 5) is 1.77. The first kappa shape index (κ1) is 13.7. The standard InChI is InChI=1S/C15H14F2OS/c1-3-4-9-18-12-7-6-11(14(16)15(12)17)13-8-5-10(2)19-13/h3,5-8H,1,4,9H2,2H3. The molecule has 0 radical (unpaired) electrons. The second-order valence-electron chi connectivity index (χ2n) is 4.08. The van der Waals surface area contributed by atoms with Gasteiger partial charge in [-0.1, -0.05) is 6.08 Å². The van der Waals surface area contributed by atoms with Crippen LogP contribution in [0.25, 0.3) is 10.4 Å². The molecule has 2 aromatic rings. The van der Waals surface area contributed by atoms with Gasteiger partial charge in [0.25, 0.3) is 0 Å². The Morgan fingerprint density at radius 2 is 2.00 bits per heavy atom. The Bertz CT molecular complexity index is 590. The fourth-order valence-corrected chi connectivity index (χ4v) is 2.55. The molecule has 2 rings (SSSR count). The Hall–Kier alpha value is -1.68. The minimum Gasteiger partial charge on any atom is -0.490 e. The molecule has 0 aliphatic carbocycles. The fourth-order valence-electron chi connectivity index (χ4n) is 1.67. The maximum Gasteiger partial charge on any atom is 0.201 e. The Morgan fingerprint density at radius 1 is 1.21 bits per heavy atom. The normalized spacial score (nSPS) is 10.5. The minimum absolute atomic E-state index is 0.0589. The highest BCUT2D eigenvalue weighted by Crippen LogP contribution is 2.33. The number of aryl methyl sites for hydroxylation is 1. The number of rotatable bonds is 5. The number of hydrogen-bond donors (Lipinski definition) is 0. The van der Waals surface area contributed by atoms with E-state index in [1.165, 1.54) is 17.4 Å². The highest BCUT2D eigenvalue weighted by atomic mass is 32.1. The van der Waals surface area contributed by atoms with Crippen molar-refractivity contribution in [1.82, 2.24) is 0 Å². The van der Waals surface area contributed by atoms with Crippen molar-refractivity contribution >= 4 is 11.3 Å². The van der Waals surface area contributed by atoms with E-state index in [9.17, 15) is 8.78 Å². The molecule has 0 aliphatic heterocycles. The van der Waals surface area contributed by atoms with Crippen molar-refractivity contribution in [2.45, 2.75) is 13.3 Å². The van der Waals surface area contributed by atoms with E-state index in [2.05, 4.69) is 6.58 Å². The van der Waals surface area contributed by atoms with Crippen molar-refractivity contribution in [1.29, 1.82) is 0 Å². The van der Waals surface area contributed by atoms with Crippen molar-refractivity contribution in [2.24, 2.45) is 0 Å². The second kappa shape index (κ2) is 5.97. The van der Waals surface area contributed by atoms with Crippen LogP contribution in [0.4, 0.5) is 8.78 Å². The van der Waals surface area contributed by atoms with Crippen molar-refractivity contribution in [3.05, 3.63) is 53.4 Å². The van der Waals surface area contributed by atoms with E-state index in [1.54, 1.807) is 18.2 Å². The molecule has 0 amide bonds. The Balaban J connectivity index is 2.29. The molecule has 0 N–H and O–H groups in total. The van der Waals surface area contributed by atoms with Crippen molar-refractivity contribution < 1.29 is 13.5 Å². The summed E-state index contributed by atoms with van der Waals surface area (Å²) in [5, 5.41) is 0. The molecule has 100 valence electrons. The van der Waals surface area contributed by atoms with Gasteiger partial charge in [0, 0.05) is 15.3 Å². The molecule has 0 aliphatic rings. The van der Waals surface area contributed by atoms with E-state index < -0.39 is 11.6 Å². The predicted molar refractivity (Wildman–Crippen MR) is 74.7 cm³/mol. The lowest BCUT2D eigenvalue weighted by Crippen LogP contribution is -2.00. The molecule has 0 spiro atoms. The van der Waals surface area contributed by atoms with E-state index >= 15 is 0 Å². The van der Waals surface area contributed by atoms with Crippen LogP contribution >= 0.6 is 11.3 Å². The van der Waals surface area contributed by atoms with Gasteiger partial charge in [-0.05, 0) is 37.6 Å².